The third kappa shape index (κ3) is 4.79. The normalized spacial score (nSPS) is 22.5. The van der Waals surface area contributed by atoms with Crippen molar-refractivity contribution in [2.75, 3.05) is 18.4 Å². The van der Waals surface area contributed by atoms with E-state index >= 15 is 0 Å². The first kappa shape index (κ1) is 18.8. The van der Waals surface area contributed by atoms with Gasteiger partial charge < -0.3 is 10.6 Å². The molecule has 2 aromatic heterocycles. The van der Waals surface area contributed by atoms with Gasteiger partial charge in [-0.05, 0) is 38.1 Å². The molecule has 0 aromatic carbocycles. The molecule has 1 aliphatic heterocycles. The predicted molar refractivity (Wildman–Crippen MR) is 104 cm³/mol. The number of aromatic nitrogens is 2. The molecule has 0 bridgehead atoms. The van der Waals surface area contributed by atoms with E-state index in [-0.39, 0.29) is 6.42 Å². The van der Waals surface area contributed by atoms with Gasteiger partial charge in [0.2, 0.25) is 5.67 Å². The molecule has 0 radical (unpaired) electrons. The van der Waals surface area contributed by atoms with Crippen molar-refractivity contribution in [2.24, 2.45) is 0 Å². The van der Waals surface area contributed by atoms with Crippen LogP contribution in [0.25, 0.3) is 10.2 Å². The molecule has 136 valence electrons. The van der Waals surface area contributed by atoms with Crippen molar-refractivity contribution < 1.29 is 4.39 Å². The highest BCUT2D eigenvalue weighted by atomic mass is 35.5. The number of allylic oxidation sites excluding steroid dienone is 4. The van der Waals surface area contributed by atoms with Crippen LogP contribution in [0.15, 0.2) is 36.7 Å². The van der Waals surface area contributed by atoms with Crippen LogP contribution in [0.3, 0.4) is 0 Å². The maximum atomic E-state index is 12.8. The number of alkyl halides is 1. The van der Waals surface area contributed by atoms with Gasteiger partial charge in [-0.25, -0.2) is 14.4 Å². The highest BCUT2D eigenvalue weighted by Crippen LogP contribution is 2.31. The van der Waals surface area contributed by atoms with Gasteiger partial charge in [0.1, 0.15) is 23.0 Å². The molecule has 3 heterocycles. The molecule has 2 aliphatic rings. The summed E-state index contributed by atoms with van der Waals surface area (Å²) in [6.45, 7) is 2.13. The molecule has 2 aromatic rings. The fourth-order valence-electron chi connectivity index (χ4n) is 2.78. The summed E-state index contributed by atoms with van der Waals surface area (Å²) < 4.78 is 13.6. The smallest absolute Gasteiger partial charge is 0.218 e. The molecule has 1 unspecified atom stereocenters. The highest BCUT2D eigenvalue weighted by Gasteiger charge is 2.24. The van der Waals surface area contributed by atoms with Crippen LogP contribution in [-0.2, 0) is 0 Å². The topological polar surface area (TPSA) is 73.6 Å². The quantitative estimate of drug-likeness (QED) is 0.800. The molecule has 0 amide bonds. The van der Waals surface area contributed by atoms with Crippen LogP contribution in [0, 0.1) is 11.3 Å². The molecule has 4 rings (SSSR count). The van der Waals surface area contributed by atoms with Gasteiger partial charge in [0.15, 0.2) is 0 Å². The molecule has 0 saturated carbocycles. The lowest BCUT2D eigenvalue weighted by molar-refractivity contribution is 0.310. The fourth-order valence-corrected chi connectivity index (χ4v) is 3.83. The van der Waals surface area contributed by atoms with E-state index in [0.717, 1.165) is 46.3 Å². The number of anilines is 1. The summed E-state index contributed by atoms with van der Waals surface area (Å²) in [4.78, 5) is 9.49. The van der Waals surface area contributed by atoms with Gasteiger partial charge in [-0.15, -0.1) is 11.3 Å². The van der Waals surface area contributed by atoms with Gasteiger partial charge in [-0.1, -0.05) is 29.8 Å². The Hall–Kier alpha value is -2.01. The lowest BCUT2D eigenvalue weighted by atomic mass is 10.00. The van der Waals surface area contributed by atoms with Crippen LogP contribution in [0.4, 0.5) is 10.2 Å². The molecule has 5 nitrogen and oxygen atoms in total. The molecule has 1 saturated heterocycles. The van der Waals surface area contributed by atoms with Crippen LogP contribution in [0.5, 0.6) is 0 Å². The van der Waals surface area contributed by atoms with E-state index in [2.05, 4.69) is 20.6 Å². The molecule has 1 aliphatic carbocycles. The third-order valence-electron chi connectivity index (χ3n) is 4.19. The van der Waals surface area contributed by atoms with E-state index in [0.29, 0.717) is 6.04 Å². The Morgan fingerprint density at radius 1 is 1.35 bits per heavy atom. The Bertz CT molecular complexity index is 853. The minimum atomic E-state index is -1.74. The van der Waals surface area contributed by atoms with E-state index in [1.807, 2.05) is 6.07 Å². The first-order valence-electron chi connectivity index (χ1n) is 8.41. The van der Waals surface area contributed by atoms with Crippen molar-refractivity contribution in [1.29, 1.82) is 5.26 Å². The number of fused-ring (bicyclic) bond motifs is 1. The van der Waals surface area contributed by atoms with Crippen LogP contribution in [0.1, 0.15) is 19.3 Å². The number of thiophene rings is 1. The number of nitrogens with one attached hydrogen (secondary N) is 2. The van der Waals surface area contributed by atoms with Crippen molar-refractivity contribution >= 4 is 39.0 Å². The Kier molecular flexibility index (Phi) is 6.20. The molecule has 1 atom stereocenters. The number of nitrogens with zero attached hydrogens (tertiary/aromatic N) is 3. The van der Waals surface area contributed by atoms with Gasteiger partial charge >= 0.3 is 0 Å². The summed E-state index contributed by atoms with van der Waals surface area (Å²) >= 11 is 7.50. The van der Waals surface area contributed by atoms with Gasteiger partial charge in [-0.2, -0.15) is 5.26 Å². The number of hydrogen-bond donors (Lipinski definition) is 2. The Morgan fingerprint density at radius 3 is 2.81 bits per heavy atom. The average Bonchev–Trinajstić information content (AvgIpc) is 3.05. The van der Waals surface area contributed by atoms with Crippen molar-refractivity contribution in [3.8, 4) is 6.07 Å². The SMILES string of the molecule is Clc1cc2c(NC3CCNCC3)ncnc2s1.N#CC1(F)C=CC=CC1. The molecule has 1 fully saturated rings. The van der Waals surface area contributed by atoms with Gasteiger partial charge in [-0.3, -0.25) is 0 Å². The largest absolute Gasteiger partial charge is 0.367 e. The van der Waals surface area contributed by atoms with Gasteiger partial charge in [0, 0.05) is 12.5 Å². The van der Waals surface area contributed by atoms with E-state index in [9.17, 15) is 4.39 Å². The average molecular weight is 392 g/mol. The number of halogens is 2. The summed E-state index contributed by atoms with van der Waals surface area (Å²) in [5.41, 5.74) is -1.74. The van der Waals surface area contributed by atoms with Crippen LogP contribution < -0.4 is 10.6 Å². The van der Waals surface area contributed by atoms with Crippen LogP contribution in [-0.4, -0.2) is 34.8 Å². The summed E-state index contributed by atoms with van der Waals surface area (Å²) in [6.07, 6.45) is 10.2. The van der Waals surface area contributed by atoms with E-state index in [4.69, 9.17) is 16.9 Å². The molecule has 2 N–H and O–H groups in total. The second kappa shape index (κ2) is 8.58. The lowest BCUT2D eigenvalue weighted by Crippen LogP contribution is -2.35. The number of hydrogen-bond acceptors (Lipinski definition) is 6. The Morgan fingerprint density at radius 2 is 2.15 bits per heavy atom. The number of nitriles is 1. The maximum absolute atomic E-state index is 12.8. The second-order valence-electron chi connectivity index (χ2n) is 6.13. The zero-order valence-corrected chi connectivity index (χ0v) is 15.7. The van der Waals surface area contributed by atoms with E-state index in [1.165, 1.54) is 17.4 Å². The van der Waals surface area contributed by atoms with Crippen molar-refractivity contribution in [3.05, 3.63) is 41.0 Å². The minimum absolute atomic E-state index is 0.181. The monoisotopic (exact) mass is 391 g/mol. The van der Waals surface area contributed by atoms with Crippen LogP contribution in [0.2, 0.25) is 4.34 Å². The molecule has 8 heteroatoms. The Balaban J connectivity index is 0.000000185. The number of piperidine rings is 1. The minimum Gasteiger partial charge on any atom is -0.367 e. The zero-order chi connectivity index (χ0) is 18.4. The standard InChI is InChI=1S/C11H13ClN4S.C7H6FN/c12-9-5-8-10(14-6-15-11(8)17-9)16-7-1-3-13-4-2-7;8-7(6-9)4-2-1-3-5-7/h5-7,13H,1-4H2,(H,14,15,16);1-4H,5H2. The van der Waals surface area contributed by atoms with Crippen molar-refractivity contribution in [2.45, 2.75) is 31.0 Å². The number of rotatable bonds is 2. The molecular weight excluding hydrogens is 373 g/mol. The predicted octanol–water partition coefficient (Wildman–Crippen LogP) is 4.24. The zero-order valence-electron chi connectivity index (χ0n) is 14.1. The first-order valence-corrected chi connectivity index (χ1v) is 9.61. The summed E-state index contributed by atoms with van der Waals surface area (Å²) in [6, 6.07) is 4.00. The van der Waals surface area contributed by atoms with Crippen LogP contribution >= 0.6 is 22.9 Å². The summed E-state index contributed by atoms with van der Waals surface area (Å²) in [5.74, 6) is 0.907. The second-order valence-corrected chi connectivity index (χ2v) is 7.79. The lowest BCUT2D eigenvalue weighted by Gasteiger charge is -2.24. The molecule has 0 spiro atoms. The molecule has 26 heavy (non-hydrogen) atoms. The fraction of sp³-hybridized carbons (Fsp3) is 0.389. The van der Waals surface area contributed by atoms with Gasteiger partial charge in [0.25, 0.3) is 0 Å². The van der Waals surface area contributed by atoms with Crippen molar-refractivity contribution in [1.82, 2.24) is 15.3 Å². The molecular formula is C18H19ClFN5S. The summed E-state index contributed by atoms with van der Waals surface area (Å²) in [5, 5.41) is 16.1. The Labute approximate surface area is 160 Å². The van der Waals surface area contributed by atoms with Crippen molar-refractivity contribution in [3.63, 3.8) is 0 Å². The van der Waals surface area contributed by atoms with E-state index in [1.54, 1.807) is 30.6 Å². The van der Waals surface area contributed by atoms with E-state index < -0.39 is 5.67 Å². The van der Waals surface area contributed by atoms with Gasteiger partial charge in [0.05, 0.1) is 9.72 Å². The highest BCUT2D eigenvalue weighted by molar-refractivity contribution is 7.22. The third-order valence-corrected chi connectivity index (χ3v) is 5.36. The maximum Gasteiger partial charge on any atom is 0.218 e. The summed E-state index contributed by atoms with van der Waals surface area (Å²) in [7, 11) is 0. The first-order chi connectivity index (χ1) is 12.6.